The number of nitrogen functional groups attached to an aromatic ring is 1. The number of carbonyl (C=O) groups is 1. The molecule has 1 aromatic heterocycles. The summed E-state index contributed by atoms with van der Waals surface area (Å²) in [5, 5.41) is 12.1. The second kappa shape index (κ2) is 11.6. The first-order valence-corrected chi connectivity index (χ1v) is 11.3. The van der Waals surface area contributed by atoms with E-state index in [1.54, 1.807) is 26.0 Å². The van der Waals surface area contributed by atoms with Crippen LogP contribution in [0.3, 0.4) is 0 Å². The zero-order valence-corrected chi connectivity index (χ0v) is 20.4. The molecule has 0 aliphatic carbocycles. The van der Waals surface area contributed by atoms with E-state index >= 15 is 0 Å². The Bertz CT molecular complexity index is 1270. The molecule has 1 heterocycles. The quantitative estimate of drug-likeness (QED) is 0.428. The highest BCUT2D eigenvalue weighted by Crippen LogP contribution is 2.29. The number of aliphatic carboxylic acids is 1. The van der Waals surface area contributed by atoms with Gasteiger partial charge in [-0.3, -0.25) is 14.2 Å². The number of rotatable bonds is 8. The van der Waals surface area contributed by atoms with Crippen molar-refractivity contribution in [3.05, 3.63) is 99.9 Å². The molecule has 0 spiro atoms. The van der Waals surface area contributed by atoms with Crippen LogP contribution in [0.15, 0.2) is 66.0 Å². The van der Waals surface area contributed by atoms with Crippen LogP contribution in [0.1, 0.15) is 44.4 Å². The van der Waals surface area contributed by atoms with Crippen molar-refractivity contribution in [2.24, 2.45) is 0 Å². The highest BCUT2D eigenvalue weighted by atomic mass is 19.1. The van der Waals surface area contributed by atoms with Crippen molar-refractivity contribution in [1.29, 1.82) is 0 Å². The third-order valence-electron chi connectivity index (χ3n) is 5.42. The predicted molar refractivity (Wildman–Crippen MR) is 136 cm³/mol. The molecule has 0 saturated heterocycles. The summed E-state index contributed by atoms with van der Waals surface area (Å²) in [4.78, 5) is 23.7. The Kier molecular flexibility index (Phi) is 9.08. The first-order valence-electron chi connectivity index (χ1n) is 11.3. The number of halogens is 2. The molecule has 8 heteroatoms. The second-order valence-corrected chi connectivity index (χ2v) is 8.18. The van der Waals surface area contributed by atoms with Gasteiger partial charge in [0.25, 0.3) is 5.56 Å². The second-order valence-electron chi connectivity index (χ2n) is 8.18. The van der Waals surface area contributed by atoms with Gasteiger partial charge in [0.1, 0.15) is 23.0 Å². The number of carboxylic acid groups (broad SMARTS) is 1. The van der Waals surface area contributed by atoms with Gasteiger partial charge in [-0.15, -0.1) is 0 Å². The normalized spacial score (nSPS) is 10.9. The standard InChI is InChI=1S/C25H25F2N3O3.C2H6/c1-15(19-9-6-17(26)14-21(19)27)20-10-11-22(31)30(23(20)28)18-7-4-16(5-8-18)12-13-29-25(2,3)24(32)33;1-2/h4-11,14,29H,1,12-13,28H2,2-3H3,(H,32,33);1-2H3. The number of nitrogens with two attached hydrogens (primary N) is 1. The van der Waals surface area contributed by atoms with Crippen LogP contribution in [0.5, 0.6) is 0 Å². The average Bonchev–Trinajstić information content (AvgIpc) is 2.81. The molecule has 4 N–H and O–H groups in total. The summed E-state index contributed by atoms with van der Waals surface area (Å²) < 4.78 is 28.8. The third kappa shape index (κ3) is 6.42. The summed E-state index contributed by atoms with van der Waals surface area (Å²) in [6.07, 6.45) is 0.585. The highest BCUT2D eigenvalue weighted by molar-refractivity contribution is 5.83. The Morgan fingerprint density at radius 2 is 1.66 bits per heavy atom. The van der Waals surface area contributed by atoms with E-state index in [4.69, 9.17) is 10.8 Å². The minimum Gasteiger partial charge on any atom is -0.480 e. The lowest BCUT2D eigenvalue weighted by Crippen LogP contribution is -2.47. The molecule has 0 saturated carbocycles. The van der Waals surface area contributed by atoms with E-state index in [2.05, 4.69) is 11.9 Å². The highest BCUT2D eigenvalue weighted by Gasteiger charge is 2.25. The van der Waals surface area contributed by atoms with Crippen LogP contribution in [0.2, 0.25) is 0 Å². The van der Waals surface area contributed by atoms with Crippen LogP contribution in [-0.4, -0.2) is 27.7 Å². The maximum atomic E-state index is 14.2. The van der Waals surface area contributed by atoms with Gasteiger partial charge < -0.3 is 16.2 Å². The Hall–Kier alpha value is -3.78. The lowest BCUT2D eigenvalue weighted by atomic mass is 9.99. The lowest BCUT2D eigenvalue weighted by Gasteiger charge is -2.21. The summed E-state index contributed by atoms with van der Waals surface area (Å²) in [7, 11) is 0. The largest absolute Gasteiger partial charge is 0.480 e. The molecule has 6 nitrogen and oxygen atoms in total. The fourth-order valence-electron chi connectivity index (χ4n) is 3.36. The van der Waals surface area contributed by atoms with Crippen molar-refractivity contribution in [3.63, 3.8) is 0 Å². The fraction of sp³-hybridized carbons (Fsp3) is 0.259. The molecule has 186 valence electrons. The average molecular weight is 484 g/mol. The van der Waals surface area contributed by atoms with Gasteiger partial charge in [-0.1, -0.05) is 32.6 Å². The Morgan fingerprint density at radius 1 is 1.06 bits per heavy atom. The molecule has 2 aromatic carbocycles. The van der Waals surface area contributed by atoms with E-state index in [1.807, 2.05) is 26.0 Å². The maximum Gasteiger partial charge on any atom is 0.323 e. The van der Waals surface area contributed by atoms with Gasteiger partial charge in [-0.2, -0.15) is 0 Å². The van der Waals surface area contributed by atoms with Gasteiger partial charge in [0.15, 0.2) is 0 Å². The Morgan fingerprint density at radius 3 is 2.23 bits per heavy atom. The number of pyridine rings is 1. The third-order valence-corrected chi connectivity index (χ3v) is 5.42. The maximum absolute atomic E-state index is 14.2. The summed E-state index contributed by atoms with van der Waals surface area (Å²) in [6, 6.07) is 13.0. The summed E-state index contributed by atoms with van der Waals surface area (Å²) >= 11 is 0. The van der Waals surface area contributed by atoms with E-state index < -0.39 is 23.1 Å². The summed E-state index contributed by atoms with van der Waals surface area (Å²) in [5.74, 6) is -2.34. The van der Waals surface area contributed by atoms with Crippen LogP contribution in [0.25, 0.3) is 11.3 Å². The van der Waals surface area contributed by atoms with Crippen LogP contribution >= 0.6 is 0 Å². The van der Waals surface area contributed by atoms with Gasteiger partial charge >= 0.3 is 5.97 Å². The van der Waals surface area contributed by atoms with Gasteiger partial charge in [0.2, 0.25) is 0 Å². The number of benzene rings is 2. The molecular formula is C27H31F2N3O3. The molecule has 0 amide bonds. The first kappa shape index (κ1) is 27.5. The molecule has 0 radical (unpaired) electrons. The van der Waals surface area contributed by atoms with Crippen molar-refractivity contribution in [3.8, 4) is 5.69 Å². The molecule has 0 unspecified atom stereocenters. The number of nitrogens with one attached hydrogen (secondary N) is 1. The van der Waals surface area contributed by atoms with Crippen LogP contribution in [0.4, 0.5) is 14.6 Å². The first-order chi connectivity index (χ1) is 16.5. The molecular weight excluding hydrogens is 452 g/mol. The van der Waals surface area contributed by atoms with Crippen molar-refractivity contribution < 1.29 is 18.7 Å². The fourth-order valence-corrected chi connectivity index (χ4v) is 3.36. The minimum atomic E-state index is -1.03. The zero-order valence-electron chi connectivity index (χ0n) is 20.4. The molecule has 35 heavy (non-hydrogen) atoms. The molecule has 0 bridgehead atoms. The molecule has 0 aliphatic heterocycles. The monoisotopic (exact) mass is 483 g/mol. The molecule has 0 aliphatic rings. The van der Waals surface area contributed by atoms with Crippen LogP contribution < -0.4 is 16.6 Å². The van der Waals surface area contributed by atoms with Crippen molar-refractivity contribution in [1.82, 2.24) is 9.88 Å². The number of carboxylic acids is 1. The van der Waals surface area contributed by atoms with E-state index in [9.17, 15) is 18.4 Å². The Balaban J connectivity index is 0.00000210. The zero-order chi connectivity index (χ0) is 26.3. The predicted octanol–water partition coefficient (Wildman–Crippen LogP) is 4.78. The van der Waals surface area contributed by atoms with Crippen molar-refractivity contribution in [2.45, 2.75) is 39.7 Å². The van der Waals surface area contributed by atoms with Gasteiger partial charge in [0, 0.05) is 29.8 Å². The number of hydrogen-bond donors (Lipinski definition) is 3. The minimum absolute atomic E-state index is 0.0776. The molecule has 3 aromatic rings. The molecule has 0 fully saturated rings. The van der Waals surface area contributed by atoms with Crippen molar-refractivity contribution >= 4 is 17.4 Å². The van der Waals surface area contributed by atoms with Crippen LogP contribution in [-0.2, 0) is 11.2 Å². The smallest absolute Gasteiger partial charge is 0.323 e. The van der Waals surface area contributed by atoms with Gasteiger partial charge in [-0.05, 0) is 61.7 Å². The van der Waals surface area contributed by atoms with E-state index in [0.717, 1.165) is 17.7 Å². The van der Waals surface area contributed by atoms with Crippen LogP contribution in [0, 0.1) is 11.6 Å². The summed E-state index contributed by atoms with van der Waals surface area (Å²) in [6.45, 7) is 11.5. The lowest BCUT2D eigenvalue weighted by molar-refractivity contribution is -0.143. The SMILES string of the molecule is C=C(c1ccc(F)cc1F)c1ccc(=O)n(-c2ccc(CCNC(C)(C)C(=O)O)cc2)c1N.CC. The van der Waals surface area contributed by atoms with E-state index in [0.29, 0.717) is 24.2 Å². The number of hydrogen-bond acceptors (Lipinski definition) is 4. The number of aromatic nitrogens is 1. The Labute approximate surface area is 203 Å². The van der Waals surface area contributed by atoms with E-state index in [1.165, 1.54) is 22.8 Å². The number of nitrogens with zero attached hydrogens (tertiary/aromatic N) is 1. The molecule has 0 atom stereocenters. The summed E-state index contributed by atoms with van der Waals surface area (Å²) in [5.41, 5.74) is 6.97. The topological polar surface area (TPSA) is 97.3 Å². The number of anilines is 1. The van der Waals surface area contributed by atoms with Crippen molar-refractivity contribution in [2.75, 3.05) is 12.3 Å². The van der Waals surface area contributed by atoms with Gasteiger partial charge in [-0.25, -0.2) is 8.78 Å². The van der Waals surface area contributed by atoms with E-state index in [-0.39, 0.29) is 22.5 Å². The van der Waals surface area contributed by atoms with Gasteiger partial charge in [0.05, 0.1) is 5.69 Å². The molecule has 3 rings (SSSR count).